The molecule has 4 N–H and O–H groups in total. The molecule has 0 bridgehead atoms. The molecule has 0 aromatic carbocycles. The molecular formula is C20H29N3O4. The van der Waals surface area contributed by atoms with Gasteiger partial charge in [-0.1, -0.05) is 13.3 Å². The lowest BCUT2D eigenvalue weighted by Crippen LogP contribution is -2.36. The summed E-state index contributed by atoms with van der Waals surface area (Å²) in [5.74, 6) is 0.738. The number of ketones is 1. The number of hydrogen-bond donors (Lipinski definition) is 2. The van der Waals surface area contributed by atoms with Crippen LogP contribution in [0.2, 0.25) is 0 Å². The summed E-state index contributed by atoms with van der Waals surface area (Å²) in [5.41, 5.74) is 13.9. The van der Waals surface area contributed by atoms with Crippen molar-refractivity contribution in [3.63, 3.8) is 0 Å². The number of carbonyl (C=O) groups is 2. The van der Waals surface area contributed by atoms with Gasteiger partial charge in [-0.2, -0.15) is 0 Å². The van der Waals surface area contributed by atoms with E-state index < -0.39 is 12.0 Å². The zero-order valence-corrected chi connectivity index (χ0v) is 15.9. The van der Waals surface area contributed by atoms with E-state index in [0.29, 0.717) is 19.1 Å². The zero-order valence-electron chi connectivity index (χ0n) is 15.9. The van der Waals surface area contributed by atoms with Gasteiger partial charge in [-0.3, -0.25) is 9.59 Å². The minimum Gasteiger partial charge on any atom is -0.491 e. The van der Waals surface area contributed by atoms with E-state index in [2.05, 4.69) is 11.8 Å². The fourth-order valence-corrected chi connectivity index (χ4v) is 3.37. The Hall–Kier alpha value is -2.12. The van der Waals surface area contributed by atoms with Crippen LogP contribution in [-0.2, 0) is 19.1 Å². The molecule has 3 rings (SSSR count). The van der Waals surface area contributed by atoms with E-state index in [1.54, 1.807) is 6.08 Å². The summed E-state index contributed by atoms with van der Waals surface area (Å²) in [6, 6.07) is 0. The molecule has 3 aliphatic rings. The van der Waals surface area contributed by atoms with Crippen LogP contribution in [0.25, 0.3) is 0 Å². The van der Waals surface area contributed by atoms with Crippen molar-refractivity contribution in [1.29, 1.82) is 0 Å². The van der Waals surface area contributed by atoms with E-state index in [4.69, 9.17) is 20.9 Å². The zero-order chi connectivity index (χ0) is 19.4. The van der Waals surface area contributed by atoms with Gasteiger partial charge in [0.2, 0.25) is 5.91 Å². The van der Waals surface area contributed by atoms with Crippen LogP contribution in [0.4, 0.5) is 0 Å². The Labute approximate surface area is 160 Å². The van der Waals surface area contributed by atoms with Crippen LogP contribution in [0.1, 0.15) is 39.0 Å². The average Bonchev–Trinajstić information content (AvgIpc) is 3.44. The number of fused-ring (bicyclic) bond motifs is 1. The van der Waals surface area contributed by atoms with E-state index in [9.17, 15) is 9.59 Å². The standard InChI is InChI=1S/C20H29N3O4/c1-2-3-6-26-20-15-8-18(27-12-19(22)25)17(24)7-14(15)11-23(16(20)9-21)10-13-4-5-13/h8,11,13,18H,2-7,9-10,12,21H2,1H3,(H2,22,25). The fraction of sp³-hybridized carbons (Fsp3) is 0.600. The van der Waals surface area contributed by atoms with E-state index in [1.807, 2.05) is 6.20 Å². The second-order valence-electron chi connectivity index (χ2n) is 7.35. The summed E-state index contributed by atoms with van der Waals surface area (Å²) in [5, 5.41) is 0. The molecule has 1 saturated carbocycles. The first-order chi connectivity index (χ1) is 13.0. The maximum atomic E-state index is 12.5. The number of rotatable bonds is 10. The van der Waals surface area contributed by atoms with Crippen LogP contribution >= 0.6 is 0 Å². The van der Waals surface area contributed by atoms with Gasteiger partial charge in [0.1, 0.15) is 18.5 Å². The molecule has 1 heterocycles. The molecule has 1 amide bonds. The highest BCUT2D eigenvalue weighted by Gasteiger charge is 2.35. The predicted molar refractivity (Wildman–Crippen MR) is 101 cm³/mol. The molecule has 148 valence electrons. The van der Waals surface area contributed by atoms with Crippen molar-refractivity contribution >= 4 is 11.7 Å². The maximum Gasteiger partial charge on any atom is 0.243 e. The van der Waals surface area contributed by atoms with Crippen molar-refractivity contribution in [2.24, 2.45) is 17.4 Å². The van der Waals surface area contributed by atoms with Crippen LogP contribution in [0, 0.1) is 5.92 Å². The molecule has 7 heteroatoms. The van der Waals surface area contributed by atoms with Gasteiger partial charge in [0.15, 0.2) is 5.78 Å². The van der Waals surface area contributed by atoms with Crippen molar-refractivity contribution in [1.82, 2.24) is 4.90 Å². The first kappa shape index (κ1) is 19.6. The first-order valence-electron chi connectivity index (χ1n) is 9.72. The molecule has 1 fully saturated rings. The highest BCUT2D eigenvalue weighted by Crippen LogP contribution is 2.39. The number of ether oxygens (including phenoxy) is 2. The maximum absolute atomic E-state index is 12.5. The number of allylic oxidation sites excluding steroid dienone is 1. The average molecular weight is 375 g/mol. The third-order valence-electron chi connectivity index (χ3n) is 5.01. The number of Topliss-reactive ketones (excluding diaryl/α,β-unsaturated/α-hetero) is 1. The SMILES string of the molecule is CCCCOC1=C(CN)N(CC2CC2)C=C2CC(=O)C(OCC(N)=O)C=C21. The van der Waals surface area contributed by atoms with Gasteiger partial charge >= 0.3 is 0 Å². The minimum atomic E-state index is -0.788. The van der Waals surface area contributed by atoms with Gasteiger partial charge in [-0.05, 0) is 36.8 Å². The van der Waals surface area contributed by atoms with Crippen LogP contribution in [-0.4, -0.2) is 49.0 Å². The number of hydrogen-bond acceptors (Lipinski definition) is 6. The molecule has 2 aliphatic carbocycles. The summed E-state index contributed by atoms with van der Waals surface area (Å²) < 4.78 is 11.5. The number of nitrogens with two attached hydrogens (primary N) is 2. The Balaban J connectivity index is 1.90. The summed E-state index contributed by atoms with van der Waals surface area (Å²) in [6.45, 7) is 3.68. The second-order valence-corrected chi connectivity index (χ2v) is 7.35. The number of primary amides is 1. The molecule has 27 heavy (non-hydrogen) atoms. The molecule has 1 atom stereocenters. The van der Waals surface area contributed by atoms with E-state index in [1.165, 1.54) is 12.8 Å². The Morgan fingerprint density at radius 2 is 2.15 bits per heavy atom. The van der Waals surface area contributed by atoms with Crippen molar-refractivity contribution in [2.75, 3.05) is 26.3 Å². The third-order valence-corrected chi connectivity index (χ3v) is 5.01. The predicted octanol–water partition coefficient (Wildman–Crippen LogP) is 1.35. The van der Waals surface area contributed by atoms with Gasteiger partial charge in [0.25, 0.3) is 0 Å². The van der Waals surface area contributed by atoms with Crippen molar-refractivity contribution in [3.05, 3.63) is 34.9 Å². The lowest BCUT2D eigenvalue weighted by molar-refractivity contribution is -0.132. The fourth-order valence-electron chi connectivity index (χ4n) is 3.37. The molecule has 1 aliphatic heterocycles. The number of carbonyl (C=O) groups excluding carboxylic acids is 2. The molecule has 0 radical (unpaired) electrons. The van der Waals surface area contributed by atoms with Crippen molar-refractivity contribution in [2.45, 2.75) is 45.1 Å². The summed E-state index contributed by atoms with van der Waals surface area (Å²) in [4.78, 5) is 25.6. The van der Waals surface area contributed by atoms with Gasteiger partial charge in [0.05, 0.1) is 12.3 Å². The monoisotopic (exact) mass is 375 g/mol. The number of nitrogens with zero attached hydrogens (tertiary/aromatic N) is 1. The number of amides is 1. The smallest absolute Gasteiger partial charge is 0.243 e. The minimum absolute atomic E-state index is 0.0817. The third kappa shape index (κ3) is 4.78. The van der Waals surface area contributed by atoms with Crippen LogP contribution in [0.15, 0.2) is 34.9 Å². The molecule has 0 aromatic heterocycles. The Morgan fingerprint density at radius 1 is 1.37 bits per heavy atom. The molecule has 0 spiro atoms. The normalized spacial score (nSPS) is 22.4. The van der Waals surface area contributed by atoms with Crippen molar-refractivity contribution in [3.8, 4) is 0 Å². The Bertz CT molecular complexity index is 691. The molecule has 1 unspecified atom stereocenters. The number of unbranched alkanes of at least 4 members (excludes halogenated alkanes) is 1. The summed E-state index contributed by atoms with van der Waals surface area (Å²) in [7, 11) is 0. The van der Waals surface area contributed by atoms with E-state index in [-0.39, 0.29) is 18.8 Å². The first-order valence-corrected chi connectivity index (χ1v) is 9.72. The topological polar surface area (TPSA) is 108 Å². The largest absolute Gasteiger partial charge is 0.491 e. The van der Waals surface area contributed by atoms with E-state index in [0.717, 1.165) is 42.0 Å². The van der Waals surface area contributed by atoms with Gasteiger partial charge in [-0.15, -0.1) is 0 Å². The Kier molecular flexibility index (Phi) is 6.34. The highest BCUT2D eigenvalue weighted by molar-refractivity contribution is 5.91. The van der Waals surface area contributed by atoms with Crippen molar-refractivity contribution < 1.29 is 19.1 Å². The summed E-state index contributed by atoms with van der Waals surface area (Å²) in [6.07, 6.45) is 7.66. The lowest BCUT2D eigenvalue weighted by Gasteiger charge is -2.35. The van der Waals surface area contributed by atoms with Crippen LogP contribution < -0.4 is 11.5 Å². The molecular weight excluding hydrogens is 346 g/mol. The Morgan fingerprint density at radius 3 is 2.78 bits per heavy atom. The highest BCUT2D eigenvalue weighted by atomic mass is 16.5. The van der Waals surface area contributed by atoms with Crippen LogP contribution in [0.5, 0.6) is 0 Å². The van der Waals surface area contributed by atoms with E-state index >= 15 is 0 Å². The quantitative estimate of drug-likeness (QED) is 0.558. The van der Waals surface area contributed by atoms with Crippen LogP contribution in [0.3, 0.4) is 0 Å². The second kappa shape index (κ2) is 8.71. The molecule has 7 nitrogen and oxygen atoms in total. The lowest BCUT2D eigenvalue weighted by atomic mass is 9.87. The van der Waals surface area contributed by atoms with Gasteiger partial charge in [0, 0.05) is 31.3 Å². The van der Waals surface area contributed by atoms with Gasteiger partial charge in [-0.25, -0.2) is 0 Å². The molecule has 0 saturated heterocycles. The molecule has 0 aromatic rings. The van der Waals surface area contributed by atoms with Gasteiger partial charge < -0.3 is 25.8 Å². The summed E-state index contributed by atoms with van der Waals surface area (Å²) >= 11 is 0.